The zero-order valence-corrected chi connectivity index (χ0v) is 9.73. The third-order valence-corrected chi connectivity index (χ3v) is 5.65. The molecule has 0 N–H and O–H groups in total. The predicted molar refractivity (Wildman–Crippen MR) is 56.8 cm³/mol. The van der Waals surface area contributed by atoms with Crippen LogP contribution in [-0.4, -0.2) is 17.5 Å². The molecule has 0 aromatic heterocycles. The van der Waals surface area contributed by atoms with Gasteiger partial charge in [0.2, 0.25) is 0 Å². The van der Waals surface area contributed by atoms with Crippen LogP contribution in [0.25, 0.3) is 0 Å². The molecule has 1 nitrogen and oxygen atoms in total. The Bertz CT molecular complexity index is 150. The summed E-state index contributed by atoms with van der Waals surface area (Å²) in [5, 5.41) is 8.71. The molecular formula is C10H20NP. The Morgan fingerprint density at radius 2 is 1.50 bits per heavy atom. The lowest BCUT2D eigenvalue weighted by Gasteiger charge is -2.26. The fourth-order valence-corrected chi connectivity index (χ4v) is 4.12. The Morgan fingerprint density at radius 3 is 1.75 bits per heavy atom. The largest absolute Gasteiger partial charge is 0.198 e. The van der Waals surface area contributed by atoms with Crippen LogP contribution in [0.2, 0.25) is 0 Å². The summed E-state index contributed by atoms with van der Waals surface area (Å²) in [5.74, 6) is 0.237. The van der Waals surface area contributed by atoms with E-state index in [9.17, 15) is 0 Å². The van der Waals surface area contributed by atoms with Crippen molar-refractivity contribution in [3.05, 3.63) is 0 Å². The third-order valence-electron chi connectivity index (χ3n) is 2.03. The second-order valence-corrected chi connectivity index (χ2v) is 7.37. The summed E-state index contributed by atoms with van der Waals surface area (Å²) in [6.45, 7) is 11.1. The first-order valence-corrected chi connectivity index (χ1v) is 6.31. The average Bonchev–Trinajstić information content (AvgIpc) is 1.98. The normalized spacial score (nSPS) is 13.9. The van der Waals surface area contributed by atoms with Crippen molar-refractivity contribution in [1.29, 1.82) is 5.26 Å². The van der Waals surface area contributed by atoms with Gasteiger partial charge in [0.05, 0.1) is 6.07 Å². The highest BCUT2D eigenvalue weighted by Crippen LogP contribution is 2.47. The van der Waals surface area contributed by atoms with Crippen LogP contribution in [0.3, 0.4) is 0 Å². The SMILES string of the molecule is CC(C)P(C[C@@H](C)C#N)C(C)C. The summed E-state index contributed by atoms with van der Waals surface area (Å²) in [6, 6.07) is 2.32. The third kappa shape index (κ3) is 4.07. The minimum absolute atomic E-state index is 0.0536. The average molecular weight is 185 g/mol. The van der Waals surface area contributed by atoms with Crippen molar-refractivity contribution in [3.8, 4) is 6.07 Å². The Hall–Kier alpha value is -0.0800. The second-order valence-electron chi connectivity index (χ2n) is 3.91. The van der Waals surface area contributed by atoms with Crippen LogP contribution < -0.4 is 0 Å². The highest BCUT2D eigenvalue weighted by atomic mass is 31.1. The lowest BCUT2D eigenvalue weighted by molar-refractivity contribution is 0.837. The summed E-state index contributed by atoms with van der Waals surface area (Å²) in [6.07, 6.45) is 1.11. The molecule has 0 saturated heterocycles. The molecule has 0 heterocycles. The molecule has 70 valence electrons. The molecule has 0 aliphatic carbocycles. The van der Waals surface area contributed by atoms with Crippen molar-refractivity contribution in [3.63, 3.8) is 0 Å². The van der Waals surface area contributed by atoms with Crippen molar-refractivity contribution in [1.82, 2.24) is 0 Å². The summed E-state index contributed by atoms with van der Waals surface area (Å²) >= 11 is 0. The van der Waals surface area contributed by atoms with Gasteiger partial charge in [-0.15, -0.1) is 7.92 Å². The minimum atomic E-state index is 0.0536. The fourth-order valence-electron chi connectivity index (χ4n) is 1.37. The van der Waals surface area contributed by atoms with E-state index >= 15 is 0 Å². The van der Waals surface area contributed by atoms with E-state index in [0.29, 0.717) is 0 Å². The van der Waals surface area contributed by atoms with Crippen LogP contribution in [0.15, 0.2) is 0 Å². The molecule has 0 saturated carbocycles. The molecule has 0 aliphatic rings. The molecule has 0 amide bonds. The van der Waals surface area contributed by atoms with Gasteiger partial charge in [-0.25, -0.2) is 0 Å². The first kappa shape index (κ1) is 11.9. The van der Waals surface area contributed by atoms with E-state index < -0.39 is 0 Å². The van der Waals surface area contributed by atoms with Crippen molar-refractivity contribution in [2.75, 3.05) is 6.16 Å². The Kier molecular flexibility index (Phi) is 5.51. The van der Waals surface area contributed by atoms with E-state index in [4.69, 9.17) is 5.26 Å². The number of hydrogen-bond acceptors (Lipinski definition) is 1. The monoisotopic (exact) mass is 185 g/mol. The first-order chi connectivity index (χ1) is 5.49. The van der Waals surface area contributed by atoms with E-state index in [0.717, 1.165) is 17.5 Å². The van der Waals surface area contributed by atoms with Crippen molar-refractivity contribution in [2.24, 2.45) is 5.92 Å². The van der Waals surface area contributed by atoms with Crippen LogP contribution in [0.4, 0.5) is 0 Å². The molecule has 0 radical (unpaired) electrons. The Labute approximate surface area is 77.9 Å². The van der Waals surface area contributed by atoms with Gasteiger partial charge in [0.15, 0.2) is 0 Å². The number of hydrogen-bond donors (Lipinski definition) is 0. The molecule has 0 bridgehead atoms. The van der Waals surface area contributed by atoms with Gasteiger partial charge < -0.3 is 0 Å². The standard InChI is InChI=1S/C10H20NP/c1-8(2)12(9(3)4)7-10(5)6-11/h8-10H,7H2,1-5H3/t10-/m0/s1. The molecule has 0 aliphatic heterocycles. The molecule has 0 unspecified atom stereocenters. The summed E-state index contributed by atoms with van der Waals surface area (Å²) in [7, 11) is 0.0536. The van der Waals surface area contributed by atoms with E-state index in [1.807, 2.05) is 6.92 Å². The molecule has 0 aromatic carbocycles. The van der Waals surface area contributed by atoms with E-state index in [1.165, 1.54) is 0 Å². The van der Waals surface area contributed by atoms with Crippen LogP contribution in [0.1, 0.15) is 34.6 Å². The summed E-state index contributed by atoms with van der Waals surface area (Å²) < 4.78 is 0. The lowest BCUT2D eigenvalue weighted by atomic mass is 10.3. The maximum Gasteiger partial charge on any atom is 0.0656 e. The zero-order valence-electron chi connectivity index (χ0n) is 8.83. The zero-order chi connectivity index (χ0) is 9.72. The minimum Gasteiger partial charge on any atom is -0.198 e. The van der Waals surface area contributed by atoms with Gasteiger partial charge in [-0.05, 0) is 24.4 Å². The van der Waals surface area contributed by atoms with Gasteiger partial charge in [0.1, 0.15) is 0 Å². The van der Waals surface area contributed by atoms with E-state index in [-0.39, 0.29) is 13.8 Å². The highest BCUT2D eigenvalue weighted by molar-refractivity contribution is 7.59. The summed E-state index contributed by atoms with van der Waals surface area (Å²) in [5.41, 5.74) is 1.52. The number of nitrogens with zero attached hydrogens (tertiary/aromatic N) is 1. The van der Waals surface area contributed by atoms with E-state index in [2.05, 4.69) is 33.8 Å². The topological polar surface area (TPSA) is 23.8 Å². The second kappa shape index (κ2) is 5.55. The van der Waals surface area contributed by atoms with Crippen molar-refractivity contribution in [2.45, 2.75) is 45.9 Å². The first-order valence-electron chi connectivity index (χ1n) is 4.64. The van der Waals surface area contributed by atoms with E-state index in [1.54, 1.807) is 0 Å². The van der Waals surface area contributed by atoms with Gasteiger partial charge in [-0.3, -0.25) is 0 Å². The van der Waals surface area contributed by atoms with Crippen LogP contribution >= 0.6 is 7.92 Å². The van der Waals surface area contributed by atoms with Gasteiger partial charge in [0.25, 0.3) is 0 Å². The molecule has 0 rings (SSSR count). The van der Waals surface area contributed by atoms with Crippen LogP contribution in [0, 0.1) is 17.2 Å². The van der Waals surface area contributed by atoms with Gasteiger partial charge in [-0.1, -0.05) is 27.7 Å². The molecule has 0 fully saturated rings. The van der Waals surface area contributed by atoms with Crippen molar-refractivity contribution >= 4 is 7.92 Å². The highest BCUT2D eigenvalue weighted by Gasteiger charge is 2.18. The van der Waals surface area contributed by atoms with Crippen molar-refractivity contribution < 1.29 is 0 Å². The Morgan fingerprint density at radius 1 is 1.08 bits per heavy atom. The lowest BCUT2D eigenvalue weighted by Crippen LogP contribution is -2.10. The quantitative estimate of drug-likeness (QED) is 0.615. The van der Waals surface area contributed by atoms with Crippen LogP contribution in [-0.2, 0) is 0 Å². The maximum atomic E-state index is 8.71. The molecule has 1 atom stereocenters. The van der Waals surface area contributed by atoms with Gasteiger partial charge in [0, 0.05) is 5.92 Å². The fraction of sp³-hybridized carbons (Fsp3) is 0.900. The smallest absolute Gasteiger partial charge is 0.0656 e. The molecule has 0 spiro atoms. The predicted octanol–water partition coefficient (Wildman–Crippen LogP) is 3.44. The van der Waals surface area contributed by atoms with Gasteiger partial charge in [-0.2, -0.15) is 5.26 Å². The van der Waals surface area contributed by atoms with Crippen LogP contribution in [0.5, 0.6) is 0 Å². The van der Waals surface area contributed by atoms with Gasteiger partial charge >= 0.3 is 0 Å². The maximum absolute atomic E-state index is 8.71. The molecule has 2 heteroatoms. The number of rotatable bonds is 4. The molecule has 0 aromatic rings. The molecular weight excluding hydrogens is 165 g/mol. The number of nitriles is 1. The summed E-state index contributed by atoms with van der Waals surface area (Å²) in [4.78, 5) is 0. The molecule has 12 heavy (non-hydrogen) atoms. The Balaban J connectivity index is 4.07.